The first-order valence-corrected chi connectivity index (χ1v) is 10.1. The average Bonchev–Trinajstić information content (AvgIpc) is 3.24. The predicted molar refractivity (Wildman–Crippen MR) is 125 cm³/mol. The van der Waals surface area contributed by atoms with Crippen LogP contribution in [0.25, 0.3) is 33.3 Å². The molecule has 0 atom stereocenters. The van der Waals surface area contributed by atoms with Crippen LogP contribution >= 0.6 is 0 Å². The second-order valence-electron chi connectivity index (χ2n) is 7.19. The van der Waals surface area contributed by atoms with Gasteiger partial charge in [-0.1, -0.05) is 103 Å². The molecule has 4 aromatic carbocycles. The van der Waals surface area contributed by atoms with E-state index in [0.717, 1.165) is 33.5 Å². The van der Waals surface area contributed by atoms with Crippen LogP contribution in [0.1, 0.15) is 11.4 Å². The van der Waals surface area contributed by atoms with Gasteiger partial charge in [0.15, 0.2) is 0 Å². The van der Waals surface area contributed by atoms with Gasteiger partial charge in [0.05, 0.1) is 23.8 Å². The van der Waals surface area contributed by atoms with Crippen LogP contribution in [0.15, 0.2) is 108 Å². The van der Waals surface area contributed by atoms with Gasteiger partial charge in [0.25, 0.3) is 0 Å². The van der Waals surface area contributed by atoms with Crippen molar-refractivity contribution in [3.8, 4) is 22.3 Å². The molecule has 0 aliphatic rings. The van der Waals surface area contributed by atoms with Crippen LogP contribution in [0, 0.1) is 0 Å². The molecular weight excluding hydrogens is 366 g/mol. The van der Waals surface area contributed by atoms with Crippen LogP contribution in [0.5, 0.6) is 0 Å². The fraction of sp³-hybridized carbons (Fsp3) is 0.0370. The third-order valence-electron chi connectivity index (χ3n) is 5.16. The van der Waals surface area contributed by atoms with E-state index in [9.17, 15) is 0 Å². The van der Waals surface area contributed by atoms with Gasteiger partial charge in [0.2, 0.25) is 0 Å². The first-order valence-electron chi connectivity index (χ1n) is 10.1. The van der Waals surface area contributed by atoms with E-state index in [1.807, 2.05) is 36.5 Å². The number of hydrogen-bond donors (Lipinski definition) is 1. The maximum absolute atomic E-state index is 4.90. The van der Waals surface area contributed by atoms with Gasteiger partial charge in [0, 0.05) is 11.1 Å². The molecule has 0 saturated heterocycles. The molecule has 1 aromatic heterocycles. The highest BCUT2D eigenvalue weighted by Gasteiger charge is 2.13. The molecule has 0 aliphatic heterocycles. The zero-order valence-corrected chi connectivity index (χ0v) is 16.5. The molecule has 0 fully saturated rings. The Hall–Kier alpha value is -3.98. The van der Waals surface area contributed by atoms with Crippen molar-refractivity contribution < 1.29 is 0 Å². The SMILES string of the molecule is C(=NCc1ccccc1)c1nc2c(-c3ccccc3)ccc(-c3ccccc3)c2[nH]1. The average molecular weight is 387 g/mol. The molecular formula is C27H21N3. The van der Waals surface area contributed by atoms with E-state index in [4.69, 9.17) is 4.98 Å². The number of aliphatic imine (C=N–C) groups is 1. The van der Waals surface area contributed by atoms with Gasteiger partial charge < -0.3 is 4.98 Å². The van der Waals surface area contributed by atoms with Crippen molar-refractivity contribution in [2.45, 2.75) is 6.54 Å². The first-order chi connectivity index (χ1) is 14.9. The Balaban J connectivity index is 1.59. The maximum Gasteiger partial charge on any atom is 0.149 e. The van der Waals surface area contributed by atoms with Gasteiger partial charge in [-0.25, -0.2) is 4.98 Å². The highest BCUT2D eigenvalue weighted by atomic mass is 14.9. The fourth-order valence-corrected chi connectivity index (χ4v) is 3.70. The molecule has 0 aliphatic carbocycles. The number of fused-ring (bicyclic) bond motifs is 1. The number of aromatic nitrogens is 2. The number of nitrogens with zero attached hydrogens (tertiary/aromatic N) is 2. The lowest BCUT2D eigenvalue weighted by molar-refractivity contribution is 1.07. The zero-order valence-electron chi connectivity index (χ0n) is 16.5. The number of benzene rings is 4. The van der Waals surface area contributed by atoms with Crippen molar-refractivity contribution in [2.75, 3.05) is 0 Å². The minimum absolute atomic E-state index is 0.634. The highest BCUT2D eigenvalue weighted by Crippen LogP contribution is 2.34. The van der Waals surface area contributed by atoms with Crippen LogP contribution in [0.2, 0.25) is 0 Å². The summed E-state index contributed by atoms with van der Waals surface area (Å²) in [6.07, 6.45) is 1.83. The van der Waals surface area contributed by atoms with Gasteiger partial charge in [-0.05, 0) is 16.7 Å². The van der Waals surface area contributed by atoms with Crippen LogP contribution in [0.4, 0.5) is 0 Å². The van der Waals surface area contributed by atoms with E-state index in [2.05, 4.69) is 82.8 Å². The summed E-state index contributed by atoms with van der Waals surface area (Å²) >= 11 is 0. The summed E-state index contributed by atoms with van der Waals surface area (Å²) in [5.74, 6) is 0.765. The van der Waals surface area contributed by atoms with Crippen LogP contribution in [0.3, 0.4) is 0 Å². The van der Waals surface area contributed by atoms with Crippen molar-refractivity contribution in [1.82, 2.24) is 9.97 Å². The van der Waals surface area contributed by atoms with Crippen molar-refractivity contribution in [1.29, 1.82) is 0 Å². The molecule has 0 radical (unpaired) electrons. The third-order valence-corrected chi connectivity index (χ3v) is 5.16. The Bertz CT molecular complexity index is 1210. The largest absolute Gasteiger partial charge is 0.337 e. The first kappa shape index (κ1) is 18.1. The van der Waals surface area contributed by atoms with Gasteiger partial charge in [-0.3, -0.25) is 4.99 Å². The molecule has 30 heavy (non-hydrogen) atoms. The molecule has 0 spiro atoms. The maximum atomic E-state index is 4.90. The van der Waals surface area contributed by atoms with E-state index in [-0.39, 0.29) is 0 Å². The molecule has 5 aromatic rings. The normalized spacial score (nSPS) is 11.3. The number of imidazole rings is 1. The summed E-state index contributed by atoms with van der Waals surface area (Å²) in [4.78, 5) is 13.0. The summed E-state index contributed by atoms with van der Waals surface area (Å²) in [6.45, 7) is 0.634. The van der Waals surface area contributed by atoms with Crippen molar-refractivity contribution >= 4 is 17.2 Å². The Kier molecular flexibility index (Phi) is 4.93. The molecule has 0 amide bonds. The van der Waals surface area contributed by atoms with E-state index in [1.165, 1.54) is 11.1 Å². The van der Waals surface area contributed by atoms with Gasteiger partial charge in [-0.15, -0.1) is 0 Å². The third kappa shape index (κ3) is 3.65. The Morgan fingerprint density at radius 3 is 1.90 bits per heavy atom. The molecule has 0 unspecified atom stereocenters. The summed E-state index contributed by atoms with van der Waals surface area (Å²) in [5, 5.41) is 0. The standard InChI is InChI=1S/C27H21N3/c1-4-10-20(11-5-1)18-28-19-25-29-26-23(21-12-6-2-7-13-21)16-17-24(27(26)30-25)22-14-8-3-9-15-22/h1-17,19H,18H2,(H,29,30). The number of hydrogen-bond acceptors (Lipinski definition) is 2. The predicted octanol–water partition coefficient (Wildman–Crippen LogP) is 6.52. The van der Waals surface area contributed by atoms with Crippen molar-refractivity contribution in [3.05, 3.63) is 115 Å². The lowest BCUT2D eigenvalue weighted by Gasteiger charge is -2.07. The second-order valence-corrected chi connectivity index (χ2v) is 7.19. The highest BCUT2D eigenvalue weighted by molar-refractivity contribution is 6.02. The smallest absolute Gasteiger partial charge is 0.149 e. The molecule has 5 rings (SSSR count). The number of aromatic amines is 1. The minimum Gasteiger partial charge on any atom is -0.337 e. The molecule has 3 nitrogen and oxygen atoms in total. The second kappa shape index (κ2) is 8.18. The monoisotopic (exact) mass is 387 g/mol. The molecule has 3 heteroatoms. The van der Waals surface area contributed by atoms with Crippen LogP contribution < -0.4 is 0 Å². The lowest BCUT2D eigenvalue weighted by atomic mass is 9.98. The number of nitrogens with one attached hydrogen (secondary N) is 1. The summed E-state index contributed by atoms with van der Waals surface area (Å²) in [7, 11) is 0. The van der Waals surface area contributed by atoms with Crippen LogP contribution in [-0.4, -0.2) is 16.2 Å². The Morgan fingerprint density at radius 1 is 0.667 bits per heavy atom. The van der Waals surface area contributed by atoms with E-state index in [0.29, 0.717) is 6.54 Å². The summed E-state index contributed by atoms with van der Waals surface area (Å²) in [6, 6.07) is 35.4. The van der Waals surface area contributed by atoms with E-state index >= 15 is 0 Å². The van der Waals surface area contributed by atoms with Crippen molar-refractivity contribution in [2.24, 2.45) is 4.99 Å². The molecule has 0 saturated carbocycles. The molecule has 1 N–H and O–H groups in total. The Labute approximate surface area is 175 Å². The lowest BCUT2D eigenvalue weighted by Crippen LogP contribution is -1.86. The number of rotatable bonds is 5. The fourth-order valence-electron chi connectivity index (χ4n) is 3.70. The molecule has 1 heterocycles. The van der Waals surface area contributed by atoms with Crippen LogP contribution in [-0.2, 0) is 6.54 Å². The summed E-state index contributed by atoms with van der Waals surface area (Å²) < 4.78 is 0. The molecule has 0 bridgehead atoms. The minimum atomic E-state index is 0.634. The zero-order chi connectivity index (χ0) is 20.2. The van der Waals surface area contributed by atoms with Gasteiger partial charge in [0.1, 0.15) is 5.82 Å². The van der Waals surface area contributed by atoms with Crippen molar-refractivity contribution in [3.63, 3.8) is 0 Å². The quantitative estimate of drug-likeness (QED) is 0.343. The Morgan fingerprint density at radius 2 is 1.23 bits per heavy atom. The van der Waals surface area contributed by atoms with E-state index < -0.39 is 0 Å². The summed E-state index contributed by atoms with van der Waals surface area (Å²) in [5.41, 5.74) is 7.75. The van der Waals surface area contributed by atoms with Gasteiger partial charge >= 0.3 is 0 Å². The number of H-pyrrole nitrogens is 1. The van der Waals surface area contributed by atoms with E-state index in [1.54, 1.807) is 0 Å². The molecule has 144 valence electrons. The topological polar surface area (TPSA) is 41.0 Å². The van der Waals surface area contributed by atoms with Gasteiger partial charge in [-0.2, -0.15) is 0 Å².